The van der Waals surface area contributed by atoms with E-state index in [2.05, 4.69) is 10.2 Å². The summed E-state index contributed by atoms with van der Waals surface area (Å²) in [5.41, 5.74) is 2.74. The number of aromatic nitrogens is 2. The molecular weight excluding hydrogens is 509 g/mol. The fourth-order valence-corrected chi connectivity index (χ4v) is 6.00. The second kappa shape index (κ2) is 10.7. The van der Waals surface area contributed by atoms with Gasteiger partial charge in [-0.3, -0.25) is 14.5 Å². The van der Waals surface area contributed by atoms with Crippen molar-refractivity contribution in [1.29, 1.82) is 0 Å². The molecule has 1 aliphatic heterocycles. The first-order valence-electron chi connectivity index (χ1n) is 11.6. The molecule has 6 nitrogen and oxygen atoms in total. The van der Waals surface area contributed by atoms with Crippen LogP contribution in [0, 0.1) is 5.82 Å². The van der Waals surface area contributed by atoms with Crippen molar-refractivity contribution in [3.05, 3.63) is 113 Å². The topological polar surface area (TPSA) is 83.4 Å². The van der Waals surface area contributed by atoms with Gasteiger partial charge in [-0.1, -0.05) is 103 Å². The van der Waals surface area contributed by atoms with Gasteiger partial charge in [-0.05, 0) is 29.2 Å². The number of hydrogen-bond acceptors (Lipinski definition) is 7. The molecule has 1 unspecified atom stereocenters. The summed E-state index contributed by atoms with van der Waals surface area (Å²) in [5.74, 6) is -1.78. The largest absolute Gasteiger partial charge is 0.507 e. The lowest BCUT2D eigenvalue weighted by molar-refractivity contribution is -0.132. The minimum atomic E-state index is -0.872. The number of benzene rings is 3. The quantitative estimate of drug-likeness (QED) is 0.101. The number of rotatable bonds is 7. The number of carbonyl (C=O) groups excluding carboxylic acids is 2. The highest BCUT2D eigenvalue weighted by Gasteiger charge is 2.48. The fourth-order valence-electron chi connectivity index (χ4n) is 4.15. The van der Waals surface area contributed by atoms with E-state index >= 15 is 0 Å². The van der Waals surface area contributed by atoms with Crippen LogP contribution in [0.1, 0.15) is 35.2 Å². The van der Waals surface area contributed by atoms with Crippen molar-refractivity contribution in [2.45, 2.75) is 29.5 Å². The van der Waals surface area contributed by atoms with Crippen molar-refractivity contribution in [2.75, 3.05) is 4.90 Å². The zero-order valence-corrected chi connectivity index (χ0v) is 21.4. The van der Waals surface area contributed by atoms with Gasteiger partial charge in [-0.25, -0.2) is 4.39 Å². The van der Waals surface area contributed by atoms with Crippen LogP contribution in [0.25, 0.3) is 5.76 Å². The van der Waals surface area contributed by atoms with Gasteiger partial charge >= 0.3 is 5.91 Å². The van der Waals surface area contributed by atoms with Gasteiger partial charge in [-0.2, -0.15) is 0 Å². The van der Waals surface area contributed by atoms with Crippen LogP contribution in [-0.2, 0) is 21.8 Å². The minimum absolute atomic E-state index is 0.00351. The van der Waals surface area contributed by atoms with Gasteiger partial charge in [0.1, 0.15) is 11.6 Å². The molecule has 1 amide bonds. The molecule has 0 saturated carbocycles. The molecule has 4 aromatic rings. The lowest BCUT2D eigenvalue weighted by atomic mass is 9.94. The van der Waals surface area contributed by atoms with Gasteiger partial charge < -0.3 is 5.11 Å². The van der Waals surface area contributed by atoms with E-state index in [1.165, 1.54) is 22.7 Å². The van der Waals surface area contributed by atoms with Crippen LogP contribution >= 0.6 is 23.1 Å². The number of aliphatic hydroxyl groups excluding tert-OH is 1. The molecule has 1 saturated heterocycles. The second-order valence-electron chi connectivity index (χ2n) is 8.36. The number of hydrogen-bond donors (Lipinski definition) is 1. The number of aliphatic hydroxyl groups is 1. The number of carbonyl (C=O) groups is 2. The van der Waals surface area contributed by atoms with E-state index in [1.54, 1.807) is 48.5 Å². The Morgan fingerprint density at radius 1 is 1.00 bits per heavy atom. The third-order valence-corrected chi connectivity index (χ3v) is 8.21. The SMILES string of the molecule is CCc1ccc(C2/C(=C(/O)c3ccccc3)C(=O)C(=O)N2c2nnc(SCc3ccccc3F)s2)cc1. The molecule has 3 aromatic carbocycles. The first-order valence-corrected chi connectivity index (χ1v) is 13.4. The number of aryl methyl sites for hydroxylation is 1. The van der Waals surface area contributed by atoms with Crippen molar-refractivity contribution < 1.29 is 19.1 Å². The lowest BCUT2D eigenvalue weighted by Crippen LogP contribution is -2.29. The van der Waals surface area contributed by atoms with Crippen LogP contribution in [-0.4, -0.2) is 27.0 Å². The number of Topliss-reactive ketones (excluding diaryl/α,β-unsaturated/α-hetero) is 1. The molecule has 1 fully saturated rings. The van der Waals surface area contributed by atoms with Gasteiger partial charge in [-0.15, -0.1) is 10.2 Å². The summed E-state index contributed by atoms with van der Waals surface area (Å²) in [4.78, 5) is 27.9. The molecule has 1 aromatic heterocycles. The smallest absolute Gasteiger partial charge is 0.301 e. The van der Waals surface area contributed by atoms with Crippen molar-refractivity contribution in [3.63, 3.8) is 0 Å². The van der Waals surface area contributed by atoms with E-state index < -0.39 is 17.7 Å². The van der Waals surface area contributed by atoms with E-state index in [-0.39, 0.29) is 22.3 Å². The zero-order chi connectivity index (χ0) is 25.9. The highest BCUT2D eigenvalue weighted by molar-refractivity contribution is 8.00. The van der Waals surface area contributed by atoms with Gasteiger partial charge in [0.25, 0.3) is 5.78 Å². The Labute approximate surface area is 221 Å². The highest BCUT2D eigenvalue weighted by atomic mass is 32.2. The summed E-state index contributed by atoms with van der Waals surface area (Å²) in [7, 11) is 0. The molecule has 2 heterocycles. The Morgan fingerprint density at radius 2 is 1.70 bits per heavy atom. The van der Waals surface area contributed by atoms with Gasteiger partial charge in [0.15, 0.2) is 4.34 Å². The maximum atomic E-state index is 14.0. The summed E-state index contributed by atoms with van der Waals surface area (Å²) in [6.07, 6.45) is 0.837. The predicted octanol–water partition coefficient (Wildman–Crippen LogP) is 6.16. The Kier molecular flexibility index (Phi) is 7.16. The van der Waals surface area contributed by atoms with Crippen LogP contribution < -0.4 is 4.90 Å². The number of anilines is 1. The van der Waals surface area contributed by atoms with Crippen LogP contribution in [0.5, 0.6) is 0 Å². The molecule has 0 spiro atoms. The maximum absolute atomic E-state index is 14.0. The standard InChI is InChI=1S/C28H22FN3O3S2/c1-2-17-12-14-18(15-13-17)23-22(24(33)19-8-4-3-5-9-19)25(34)26(35)32(23)27-30-31-28(37-27)36-16-20-10-6-7-11-21(20)29/h3-15,23,33H,2,16H2,1H3/b24-22-. The van der Waals surface area contributed by atoms with Gasteiger partial charge in [0, 0.05) is 11.3 Å². The molecule has 0 aliphatic carbocycles. The molecule has 0 radical (unpaired) electrons. The van der Waals surface area contributed by atoms with E-state index in [4.69, 9.17) is 0 Å². The van der Waals surface area contributed by atoms with E-state index in [9.17, 15) is 19.1 Å². The van der Waals surface area contributed by atoms with Gasteiger partial charge in [0.2, 0.25) is 5.13 Å². The van der Waals surface area contributed by atoms with Gasteiger partial charge in [0.05, 0.1) is 11.6 Å². The molecule has 1 atom stereocenters. The Hall–Kier alpha value is -3.82. The van der Waals surface area contributed by atoms with Crippen LogP contribution in [0.4, 0.5) is 9.52 Å². The summed E-state index contributed by atoms with van der Waals surface area (Å²) < 4.78 is 14.6. The van der Waals surface area contributed by atoms with Crippen molar-refractivity contribution in [1.82, 2.24) is 10.2 Å². The molecule has 9 heteroatoms. The number of halogens is 1. The summed E-state index contributed by atoms with van der Waals surface area (Å²) in [5, 5.41) is 19.8. The van der Waals surface area contributed by atoms with Crippen molar-refractivity contribution in [2.24, 2.45) is 0 Å². The predicted molar refractivity (Wildman–Crippen MR) is 143 cm³/mol. The molecule has 0 bridgehead atoms. The van der Waals surface area contributed by atoms with Crippen molar-refractivity contribution >= 4 is 45.7 Å². The number of amides is 1. The van der Waals surface area contributed by atoms with E-state index in [0.717, 1.165) is 23.3 Å². The van der Waals surface area contributed by atoms with E-state index in [0.29, 0.717) is 26.8 Å². The third kappa shape index (κ3) is 4.92. The Bertz CT molecular complexity index is 1490. The fraction of sp³-hybridized carbons (Fsp3) is 0.143. The van der Waals surface area contributed by atoms with Crippen molar-refractivity contribution in [3.8, 4) is 0 Å². The minimum Gasteiger partial charge on any atom is -0.507 e. The van der Waals surface area contributed by atoms with Crippen LogP contribution in [0.2, 0.25) is 0 Å². The number of thioether (sulfide) groups is 1. The molecule has 1 aliphatic rings. The summed E-state index contributed by atoms with van der Waals surface area (Å²) >= 11 is 2.44. The monoisotopic (exact) mass is 531 g/mol. The third-order valence-electron chi connectivity index (χ3n) is 6.11. The lowest BCUT2D eigenvalue weighted by Gasteiger charge is -2.22. The summed E-state index contributed by atoms with van der Waals surface area (Å²) in [6.45, 7) is 2.04. The molecule has 37 heavy (non-hydrogen) atoms. The summed E-state index contributed by atoms with van der Waals surface area (Å²) in [6, 6.07) is 21.9. The molecule has 186 valence electrons. The normalized spacial score (nSPS) is 16.9. The average Bonchev–Trinajstić information content (AvgIpc) is 3.50. The molecule has 1 N–H and O–H groups in total. The second-order valence-corrected chi connectivity index (χ2v) is 10.5. The van der Waals surface area contributed by atoms with Crippen LogP contribution in [0.15, 0.2) is 88.8 Å². The number of ketones is 1. The maximum Gasteiger partial charge on any atom is 0.301 e. The zero-order valence-electron chi connectivity index (χ0n) is 19.8. The first kappa shape index (κ1) is 24.9. The first-order chi connectivity index (χ1) is 18.0. The number of nitrogens with zero attached hydrogens (tertiary/aromatic N) is 3. The average molecular weight is 532 g/mol. The van der Waals surface area contributed by atoms with Crippen LogP contribution in [0.3, 0.4) is 0 Å². The Morgan fingerprint density at radius 3 is 2.41 bits per heavy atom. The van der Waals surface area contributed by atoms with E-state index in [1.807, 2.05) is 31.2 Å². The molecular formula is C28H22FN3O3S2. The Balaban J connectivity index is 1.54. The molecule has 5 rings (SSSR count). The highest BCUT2D eigenvalue weighted by Crippen LogP contribution is 2.44.